The third-order valence-electron chi connectivity index (χ3n) is 4.15. The van der Waals surface area contributed by atoms with Crippen LogP contribution in [0.5, 0.6) is 0 Å². The first-order valence-electron chi connectivity index (χ1n) is 8.78. The summed E-state index contributed by atoms with van der Waals surface area (Å²) in [4.78, 5) is 11.3. The van der Waals surface area contributed by atoms with Gasteiger partial charge in [0.15, 0.2) is 16.9 Å². The molecule has 132 valence electrons. The Morgan fingerprint density at radius 2 is 1.67 bits per heavy atom. The lowest BCUT2D eigenvalue weighted by atomic mass is 10.2. The van der Waals surface area contributed by atoms with Gasteiger partial charge in [0.2, 0.25) is 0 Å². The van der Waals surface area contributed by atoms with Gasteiger partial charge in [-0.3, -0.25) is 5.43 Å². The minimum Gasteiger partial charge on any atom is -0.261 e. The molecular formula is C22H20N5+. The summed E-state index contributed by atoms with van der Waals surface area (Å²) in [5.74, 6) is 1.50. The molecule has 0 saturated heterocycles. The number of aryl methyl sites for hydroxylation is 1. The highest BCUT2D eigenvalue weighted by Crippen LogP contribution is 2.14. The summed E-state index contributed by atoms with van der Waals surface area (Å²) in [7, 11) is 0. The third kappa shape index (κ3) is 4.10. The van der Waals surface area contributed by atoms with Crippen LogP contribution in [-0.4, -0.2) is 17.0 Å². The highest BCUT2D eigenvalue weighted by atomic mass is 15.3. The molecule has 1 heterocycles. The lowest BCUT2D eigenvalue weighted by Crippen LogP contribution is -2.19. The van der Waals surface area contributed by atoms with Gasteiger partial charge in [-0.1, -0.05) is 60.2 Å². The topological polar surface area (TPSA) is 66.7 Å². The molecule has 4 rings (SSSR count). The molecule has 0 radical (unpaired) electrons. The minimum absolute atomic E-state index is 0.687. The molecule has 5 heteroatoms. The molecule has 27 heavy (non-hydrogen) atoms. The Kier molecular flexibility index (Phi) is 4.74. The van der Waals surface area contributed by atoms with Gasteiger partial charge in [-0.05, 0) is 31.2 Å². The number of rotatable bonds is 4. The second-order valence-corrected chi connectivity index (χ2v) is 6.24. The van der Waals surface area contributed by atoms with Crippen molar-refractivity contribution in [1.29, 1.82) is 0 Å². The highest BCUT2D eigenvalue weighted by molar-refractivity contribution is 6.00. The van der Waals surface area contributed by atoms with Crippen LogP contribution in [0.3, 0.4) is 0 Å². The average Bonchev–Trinajstić information content (AvgIpc) is 3.12. The molecule has 4 aromatic rings. The van der Waals surface area contributed by atoms with Crippen LogP contribution in [-0.2, 0) is 0 Å². The Morgan fingerprint density at radius 3 is 2.44 bits per heavy atom. The number of aliphatic imine (C=N–C) groups is 1. The van der Waals surface area contributed by atoms with Crippen molar-refractivity contribution in [2.24, 2.45) is 10.1 Å². The maximum Gasteiger partial charge on any atom is 0.298 e. The first-order valence-corrected chi connectivity index (χ1v) is 8.78. The first kappa shape index (κ1) is 16.7. The third-order valence-corrected chi connectivity index (χ3v) is 4.15. The van der Waals surface area contributed by atoms with Gasteiger partial charge in [-0.15, -0.1) is 0 Å². The quantitative estimate of drug-likeness (QED) is 0.325. The van der Waals surface area contributed by atoms with E-state index in [2.05, 4.69) is 27.4 Å². The van der Waals surface area contributed by atoms with E-state index in [1.807, 2.05) is 78.9 Å². The summed E-state index contributed by atoms with van der Waals surface area (Å²) < 4.78 is 0. The molecule has 0 aliphatic heterocycles. The summed E-state index contributed by atoms with van der Waals surface area (Å²) >= 11 is 0. The van der Waals surface area contributed by atoms with Gasteiger partial charge in [0.1, 0.15) is 6.21 Å². The molecule has 3 aromatic carbocycles. The fourth-order valence-corrected chi connectivity index (χ4v) is 2.74. The number of benzene rings is 3. The number of amidine groups is 1. The molecule has 0 bridgehead atoms. The number of aromatic amines is 2. The van der Waals surface area contributed by atoms with Gasteiger partial charge < -0.3 is 0 Å². The van der Waals surface area contributed by atoms with Crippen molar-refractivity contribution in [3.05, 3.63) is 95.8 Å². The Labute approximate surface area is 157 Å². The van der Waals surface area contributed by atoms with Gasteiger partial charge in [-0.25, -0.2) is 15.0 Å². The van der Waals surface area contributed by atoms with E-state index in [-0.39, 0.29) is 0 Å². The Bertz CT molecular complexity index is 1060. The molecule has 0 saturated carbocycles. The normalized spacial score (nSPS) is 12.0. The number of imidazole rings is 1. The minimum atomic E-state index is 0.687. The predicted molar refractivity (Wildman–Crippen MR) is 109 cm³/mol. The van der Waals surface area contributed by atoms with E-state index in [0.717, 1.165) is 28.1 Å². The SMILES string of the molecule is Cc1ccc(N=C(NN=Cc2[nH]c3ccccc3[nH+]2)c2ccccc2)cc1. The smallest absolute Gasteiger partial charge is 0.261 e. The van der Waals surface area contributed by atoms with Crippen molar-refractivity contribution in [3.8, 4) is 0 Å². The van der Waals surface area contributed by atoms with Gasteiger partial charge >= 0.3 is 0 Å². The van der Waals surface area contributed by atoms with Crippen LogP contribution in [0.2, 0.25) is 0 Å². The summed E-state index contributed by atoms with van der Waals surface area (Å²) in [5, 5.41) is 4.36. The van der Waals surface area contributed by atoms with Crippen LogP contribution >= 0.6 is 0 Å². The second kappa shape index (κ2) is 7.66. The van der Waals surface area contributed by atoms with E-state index in [9.17, 15) is 0 Å². The maximum absolute atomic E-state index is 4.72. The molecule has 0 atom stereocenters. The molecule has 5 nitrogen and oxygen atoms in total. The van der Waals surface area contributed by atoms with Crippen LogP contribution in [0.25, 0.3) is 11.0 Å². The van der Waals surface area contributed by atoms with Crippen LogP contribution in [0.1, 0.15) is 17.0 Å². The maximum atomic E-state index is 4.72. The van der Waals surface area contributed by atoms with Crippen molar-refractivity contribution >= 4 is 28.8 Å². The van der Waals surface area contributed by atoms with E-state index in [1.54, 1.807) is 6.21 Å². The lowest BCUT2D eigenvalue weighted by molar-refractivity contribution is -0.346. The molecule has 0 spiro atoms. The van der Waals surface area contributed by atoms with Gasteiger partial charge in [0.25, 0.3) is 5.82 Å². The number of hydrogen-bond acceptors (Lipinski definition) is 2. The second-order valence-electron chi connectivity index (χ2n) is 6.24. The van der Waals surface area contributed by atoms with Gasteiger partial charge in [0.05, 0.1) is 5.69 Å². The molecule has 0 unspecified atom stereocenters. The van der Waals surface area contributed by atoms with E-state index in [0.29, 0.717) is 5.84 Å². The average molecular weight is 354 g/mol. The van der Waals surface area contributed by atoms with E-state index in [1.165, 1.54) is 5.56 Å². The molecule has 3 N–H and O–H groups in total. The number of hydrazone groups is 1. The zero-order valence-corrected chi connectivity index (χ0v) is 15.0. The molecule has 0 aliphatic carbocycles. The highest BCUT2D eigenvalue weighted by Gasteiger charge is 2.07. The lowest BCUT2D eigenvalue weighted by Gasteiger charge is -2.06. The van der Waals surface area contributed by atoms with Gasteiger partial charge in [-0.2, -0.15) is 5.10 Å². The van der Waals surface area contributed by atoms with Crippen LogP contribution in [0.15, 0.2) is 89.0 Å². The van der Waals surface area contributed by atoms with Gasteiger partial charge in [0, 0.05) is 5.56 Å². The summed E-state index contributed by atoms with van der Waals surface area (Å²) in [6.45, 7) is 2.06. The van der Waals surface area contributed by atoms with Crippen molar-refractivity contribution in [2.75, 3.05) is 0 Å². The molecule has 0 aliphatic rings. The Morgan fingerprint density at radius 1 is 0.926 bits per heavy atom. The fourth-order valence-electron chi connectivity index (χ4n) is 2.74. The van der Waals surface area contributed by atoms with E-state index >= 15 is 0 Å². The predicted octanol–water partition coefficient (Wildman–Crippen LogP) is 3.99. The molecular weight excluding hydrogens is 334 g/mol. The number of nitrogens with zero attached hydrogens (tertiary/aromatic N) is 2. The zero-order valence-electron chi connectivity index (χ0n) is 15.0. The fraction of sp³-hybridized carbons (Fsp3) is 0.0455. The summed E-state index contributed by atoms with van der Waals surface area (Å²) in [6.07, 6.45) is 1.72. The zero-order chi connectivity index (χ0) is 18.5. The summed E-state index contributed by atoms with van der Waals surface area (Å²) in [5.41, 5.74) is 8.19. The standard InChI is InChI=1S/C22H19N5/c1-16-11-13-18(14-12-16)24-22(17-7-3-2-4-8-17)27-23-15-21-25-19-9-5-6-10-20(19)26-21/h2-15H,1H3,(H,24,27)(H,25,26)/p+1. The van der Waals surface area contributed by atoms with E-state index < -0.39 is 0 Å². The van der Waals surface area contributed by atoms with Crippen molar-refractivity contribution < 1.29 is 4.98 Å². The Balaban J connectivity index is 1.60. The Hall–Kier alpha value is -3.73. The largest absolute Gasteiger partial charge is 0.298 e. The molecule has 0 amide bonds. The number of fused-ring (bicyclic) bond motifs is 1. The number of H-pyrrole nitrogens is 2. The van der Waals surface area contributed by atoms with Crippen LogP contribution in [0, 0.1) is 6.92 Å². The van der Waals surface area contributed by atoms with Crippen LogP contribution < -0.4 is 10.4 Å². The monoisotopic (exact) mass is 354 g/mol. The number of nitrogens with one attached hydrogen (secondary N) is 3. The van der Waals surface area contributed by atoms with Crippen molar-refractivity contribution in [3.63, 3.8) is 0 Å². The number of aromatic nitrogens is 2. The van der Waals surface area contributed by atoms with Crippen molar-refractivity contribution in [2.45, 2.75) is 6.92 Å². The first-order chi connectivity index (χ1) is 13.3. The molecule has 0 fully saturated rings. The molecule has 1 aromatic heterocycles. The number of para-hydroxylation sites is 2. The van der Waals surface area contributed by atoms with E-state index in [4.69, 9.17) is 4.99 Å². The van der Waals surface area contributed by atoms with Crippen molar-refractivity contribution in [1.82, 2.24) is 10.4 Å². The summed E-state index contributed by atoms with van der Waals surface area (Å²) in [6, 6.07) is 26.1. The van der Waals surface area contributed by atoms with Crippen LogP contribution in [0.4, 0.5) is 5.69 Å². The number of hydrogen-bond donors (Lipinski definition) is 2.